The summed E-state index contributed by atoms with van der Waals surface area (Å²) >= 11 is 0. The van der Waals surface area contributed by atoms with Crippen LogP contribution in [0.15, 0.2) is 53.6 Å². The van der Waals surface area contributed by atoms with E-state index in [1.807, 2.05) is 81.4 Å². The summed E-state index contributed by atoms with van der Waals surface area (Å²) < 4.78 is 0. The summed E-state index contributed by atoms with van der Waals surface area (Å²) in [5.41, 5.74) is 6.66. The van der Waals surface area contributed by atoms with E-state index in [1.54, 1.807) is 6.21 Å². The number of anilines is 2. The molecule has 2 N–H and O–H groups in total. The number of amides is 1. The molecule has 5 heteroatoms. The zero-order chi connectivity index (χ0) is 17.5. The third-order valence-electron chi connectivity index (χ3n) is 3.71. The summed E-state index contributed by atoms with van der Waals surface area (Å²) in [7, 11) is 3.98. The smallest absolute Gasteiger partial charge is 0.262 e. The van der Waals surface area contributed by atoms with Crippen LogP contribution in [0.3, 0.4) is 0 Å². The van der Waals surface area contributed by atoms with Crippen LogP contribution >= 0.6 is 0 Å². The monoisotopic (exact) mass is 324 g/mol. The Kier molecular flexibility index (Phi) is 5.95. The fourth-order valence-corrected chi connectivity index (χ4v) is 2.16. The lowest BCUT2D eigenvalue weighted by Gasteiger charge is -2.15. The summed E-state index contributed by atoms with van der Waals surface area (Å²) in [6.07, 6.45) is 1.64. The predicted molar refractivity (Wildman–Crippen MR) is 101 cm³/mol. The fraction of sp³-hybridized carbons (Fsp3) is 0.263. The van der Waals surface area contributed by atoms with Crippen LogP contribution in [0, 0.1) is 6.92 Å². The normalized spacial score (nSPS) is 12.0. The van der Waals surface area contributed by atoms with E-state index in [-0.39, 0.29) is 11.9 Å². The lowest BCUT2D eigenvalue weighted by molar-refractivity contribution is -0.121. The molecule has 0 aliphatic carbocycles. The highest BCUT2D eigenvalue weighted by Crippen LogP contribution is 2.14. The number of aryl methyl sites for hydroxylation is 1. The van der Waals surface area contributed by atoms with Crippen molar-refractivity contribution in [2.24, 2.45) is 5.10 Å². The van der Waals surface area contributed by atoms with E-state index in [1.165, 1.54) is 0 Å². The van der Waals surface area contributed by atoms with Crippen molar-refractivity contribution in [3.05, 3.63) is 59.7 Å². The number of hydrazone groups is 1. The molecule has 2 aromatic carbocycles. The predicted octanol–water partition coefficient (Wildman–Crippen LogP) is 3.01. The Hall–Kier alpha value is -2.82. The standard InChI is InChI=1S/C19H24N4O/c1-14-7-5-6-8-18(14)21-15(2)19(24)22-20-13-16-9-11-17(12-10-16)23(3)4/h5-13,15,21H,1-4H3,(H,22,24). The average molecular weight is 324 g/mol. The van der Waals surface area contributed by atoms with Gasteiger partial charge in [0.25, 0.3) is 5.91 Å². The number of hydrogen-bond acceptors (Lipinski definition) is 4. The summed E-state index contributed by atoms with van der Waals surface area (Å²) in [4.78, 5) is 14.1. The number of nitrogens with one attached hydrogen (secondary N) is 2. The highest BCUT2D eigenvalue weighted by molar-refractivity contribution is 5.86. The van der Waals surface area contributed by atoms with Crippen molar-refractivity contribution in [1.29, 1.82) is 0 Å². The van der Waals surface area contributed by atoms with Crippen molar-refractivity contribution >= 4 is 23.5 Å². The van der Waals surface area contributed by atoms with Crippen LogP contribution < -0.4 is 15.6 Å². The minimum absolute atomic E-state index is 0.181. The minimum Gasteiger partial charge on any atom is -0.378 e. The van der Waals surface area contributed by atoms with Crippen LogP contribution in [-0.2, 0) is 4.79 Å². The van der Waals surface area contributed by atoms with E-state index in [2.05, 4.69) is 15.8 Å². The van der Waals surface area contributed by atoms with E-state index in [0.29, 0.717) is 0 Å². The van der Waals surface area contributed by atoms with E-state index < -0.39 is 0 Å². The van der Waals surface area contributed by atoms with Crippen LogP contribution in [0.5, 0.6) is 0 Å². The number of para-hydroxylation sites is 1. The molecule has 0 fully saturated rings. The maximum atomic E-state index is 12.1. The molecule has 1 atom stereocenters. The van der Waals surface area contributed by atoms with Crippen molar-refractivity contribution in [2.45, 2.75) is 19.9 Å². The maximum Gasteiger partial charge on any atom is 0.262 e. The average Bonchev–Trinajstić information content (AvgIpc) is 2.57. The molecule has 0 bridgehead atoms. The summed E-state index contributed by atoms with van der Waals surface area (Å²) in [6.45, 7) is 3.81. The molecule has 0 aromatic heterocycles. The Morgan fingerprint density at radius 2 is 1.79 bits per heavy atom. The third-order valence-corrected chi connectivity index (χ3v) is 3.71. The van der Waals surface area contributed by atoms with Gasteiger partial charge in [0.2, 0.25) is 0 Å². The molecule has 0 aliphatic heterocycles. The van der Waals surface area contributed by atoms with E-state index in [9.17, 15) is 4.79 Å². The van der Waals surface area contributed by atoms with Crippen molar-refractivity contribution in [2.75, 3.05) is 24.3 Å². The van der Waals surface area contributed by atoms with Crippen LogP contribution in [0.25, 0.3) is 0 Å². The molecule has 24 heavy (non-hydrogen) atoms. The van der Waals surface area contributed by atoms with Crippen LogP contribution in [0.4, 0.5) is 11.4 Å². The van der Waals surface area contributed by atoms with E-state index in [4.69, 9.17) is 0 Å². The van der Waals surface area contributed by atoms with Gasteiger partial charge in [0.15, 0.2) is 0 Å². The van der Waals surface area contributed by atoms with Gasteiger partial charge in [0.05, 0.1) is 6.21 Å². The van der Waals surface area contributed by atoms with E-state index >= 15 is 0 Å². The van der Waals surface area contributed by atoms with Gasteiger partial charge in [-0.1, -0.05) is 30.3 Å². The fourth-order valence-electron chi connectivity index (χ4n) is 2.16. The molecule has 0 saturated heterocycles. The highest BCUT2D eigenvalue weighted by atomic mass is 16.2. The minimum atomic E-state index is -0.376. The molecule has 126 valence electrons. The summed E-state index contributed by atoms with van der Waals surface area (Å²) in [5.74, 6) is -0.181. The van der Waals surface area contributed by atoms with Crippen molar-refractivity contribution in [3.63, 3.8) is 0 Å². The maximum absolute atomic E-state index is 12.1. The van der Waals surface area contributed by atoms with Gasteiger partial charge in [-0.2, -0.15) is 5.10 Å². The molecule has 0 aliphatic rings. The largest absolute Gasteiger partial charge is 0.378 e. The van der Waals surface area contributed by atoms with Gasteiger partial charge in [0, 0.05) is 25.5 Å². The number of nitrogens with zero attached hydrogens (tertiary/aromatic N) is 2. The first kappa shape index (κ1) is 17.5. The van der Waals surface area contributed by atoms with Gasteiger partial charge in [-0.3, -0.25) is 4.79 Å². The van der Waals surface area contributed by atoms with Gasteiger partial charge in [-0.05, 0) is 43.2 Å². The second-order valence-electron chi connectivity index (χ2n) is 5.90. The van der Waals surface area contributed by atoms with Crippen LogP contribution in [0.2, 0.25) is 0 Å². The second kappa shape index (κ2) is 8.15. The zero-order valence-electron chi connectivity index (χ0n) is 14.6. The molecule has 5 nitrogen and oxygen atoms in total. The van der Waals surface area contributed by atoms with Gasteiger partial charge in [-0.25, -0.2) is 5.43 Å². The molecular weight excluding hydrogens is 300 g/mol. The van der Waals surface area contributed by atoms with Gasteiger partial charge >= 0.3 is 0 Å². The van der Waals surface area contributed by atoms with Crippen molar-refractivity contribution < 1.29 is 4.79 Å². The number of rotatable bonds is 6. The molecule has 0 heterocycles. The Balaban J connectivity index is 1.88. The summed E-state index contributed by atoms with van der Waals surface area (Å²) in [6, 6.07) is 15.4. The van der Waals surface area contributed by atoms with Crippen molar-refractivity contribution in [1.82, 2.24) is 5.43 Å². The van der Waals surface area contributed by atoms with Gasteiger partial charge < -0.3 is 10.2 Å². The highest BCUT2D eigenvalue weighted by Gasteiger charge is 2.12. The molecule has 2 rings (SSSR count). The van der Waals surface area contributed by atoms with Gasteiger partial charge in [0.1, 0.15) is 6.04 Å². The summed E-state index contributed by atoms with van der Waals surface area (Å²) in [5, 5.41) is 7.21. The molecule has 0 spiro atoms. The quantitative estimate of drug-likeness (QED) is 0.634. The Bertz CT molecular complexity index is 708. The number of carbonyl (C=O) groups excluding carboxylic acids is 1. The second-order valence-corrected chi connectivity index (χ2v) is 5.90. The number of hydrogen-bond donors (Lipinski definition) is 2. The Labute approximate surface area is 143 Å². The topological polar surface area (TPSA) is 56.7 Å². The number of carbonyl (C=O) groups is 1. The molecular formula is C19H24N4O. The lowest BCUT2D eigenvalue weighted by Crippen LogP contribution is -2.35. The first-order valence-corrected chi connectivity index (χ1v) is 7.90. The van der Waals surface area contributed by atoms with Crippen LogP contribution in [0.1, 0.15) is 18.1 Å². The molecule has 1 unspecified atom stereocenters. The van der Waals surface area contributed by atoms with E-state index in [0.717, 1.165) is 22.5 Å². The van der Waals surface area contributed by atoms with Crippen LogP contribution in [-0.4, -0.2) is 32.3 Å². The molecule has 2 aromatic rings. The zero-order valence-corrected chi connectivity index (χ0v) is 14.6. The Morgan fingerprint density at radius 3 is 2.42 bits per heavy atom. The third kappa shape index (κ3) is 4.84. The first-order valence-electron chi connectivity index (χ1n) is 7.90. The first-order chi connectivity index (χ1) is 11.5. The Morgan fingerprint density at radius 1 is 1.12 bits per heavy atom. The number of benzene rings is 2. The lowest BCUT2D eigenvalue weighted by atomic mass is 10.2. The van der Waals surface area contributed by atoms with Gasteiger partial charge in [-0.15, -0.1) is 0 Å². The molecule has 0 radical (unpaired) electrons. The SMILES string of the molecule is Cc1ccccc1NC(C)C(=O)NN=Cc1ccc(N(C)C)cc1. The molecule has 1 amide bonds. The molecule has 0 saturated carbocycles. The van der Waals surface area contributed by atoms with Crippen molar-refractivity contribution in [3.8, 4) is 0 Å².